The van der Waals surface area contributed by atoms with Gasteiger partial charge < -0.3 is 10.2 Å². The molecule has 0 spiro atoms. The molecule has 39 heavy (non-hydrogen) atoms. The van der Waals surface area contributed by atoms with Crippen LogP contribution < -0.4 is 10.2 Å². The Labute approximate surface area is 235 Å². The highest BCUT2D eigenvalue weighted by atomic mass is 35.5. The van der Waals surface area contributed by atoms with Crippen LogP contribution in [0.5, 0.6) is 0 Å². The number of aromatic nitrogens is 1. The van der Waals surface area contributed by atoms with E-state index >= 15 is 0 Å². The second-order valence-corrected chi connectivity index (χ2v) is 13.5. The Morgan fingerprint density at radius 1 is 1.08 bits per heavy atom. The first-order valence-corrected chi connectivity index (χ1v) is 15.5. The van der Waals surface area contributed by atoms with Crippen molar-refractivity contribution in [3.05, 3.63) is 69.7 Å². The van der Waals surface area contributed by atoms with Crippen molar-refractivity contribution < 1.29 is 22.8 Å². The topological polar surface area (TPSA) is 117 Å². The van der Waals surface area contributed by atoms with E-state index in [1.807, 2.05) is 12.1 Å². The molecule has 0 unspecified atom stereocenters. The van der Waals surface area contributed by atoms with Crippen LogP contribution in [0.1, 0.15) is 34.3 Å². The number of nitrogens with one attached hydrogen (secondary N) is 1. The number of thiophene rings is 1. The van der Waals surface area contributed by atoms with Crippen molar-refractivity contribution in [2.75, 3.05) is 42.1 Å². The van der Waals surface area contributed by atoms with Gasteiger partial charge in [-0.1, -0.05) is 17.7 Å². The average molecular weight is 587 g/mol. The molecule has 5 rings (SSSR count). The van der Waals surface area contributed by atoms with Gasteiger partial charge in [-0.15, -0.1) is 11.3 Å². The fourth-order valence-electron chi connectivity index (χ4n) is 4.81. The summed E-state index contributed by atoms with van der Waals surface area (Å²) in [6, 6.07) is 11.3. The highest BCUT2D eigenvalue weighted by Gasteiger charge is 2.33. The molecule has 2 aliphatic rings. The lowest BCUT2D eigenvalue weighted by Crippen LogP contribution is -2.43. The summed E-state index contributed by atoms with van der Waals surface area (Å²) in [5.41, 5.74) is 2.46. The highest BCUT2D eigenvalue weighted by Crippen LogP contribution is 2.28. The number of amides is 2. The molecule has 1 fully saturated rings. The first-order chi connectivity index (χ1) is 18.7. The van der Waals surface area contributed by atoms with E-state index in [1.165, 1.54) is 37.2 Å². The van der Waals surface area contributed by atoms with Crippen LogP contribution in [0.2, 0.25) is 4.34 Å². The van der Waals surface area contributed by atoms with Crippen molar-refractivity contribution in [3.63, 3.8) is 0 Å². The summed E-state index contributed by atoms with van der Waals surface area (Å²) < 4.78 is 25.2. The van der Waals surface area contributed by atoms with Gasteiger partial charge in [-0.3, -0.25) is 14.4 Å². The predicted octanol–water partition coefficient (Wildman–Crippen LogP) is 3.62. The van der Waals surface area contributed by atoms with Crippen LogP contribution in [0.25, 0.3) is 0 Å². The lowest BCUT2D eigenvalue weighted by molar-refractivity contribution is -0.118. The zero-order chi connectivity index (χ0) is 27.6. The summed E-state index contributed by atoms with van der Waals surface area (Å²) in [6.45, 7) is 4.00. The third-order valence-electron chi connectivity index (χ3n) is 6.73. The lowest BCUT2D eigenvalue weighted by atomic mass is 9.97. The minimum atomic E-state index is -3.78. The van der Waals surface area contributed by atoms with Gasteiger partial charge >= 0.3 is 0 Å². The third kappa shape index (κ3) is 6.38. The normalized spacial score (nSPS) is 16.0. The quantitative estimate of drug-likeness (QED) is 0.358. The van der Waals surface area contributed by atoms with Crippen LogP contribution >= 0.6 is 22.9 Å². The second kappa shape index (κ2) is 11.5. The first kappa shape index (κ1) is 27.4. The van der Waals surface area contributed by atoms with E-state index in [9.17, 15) is 22.8 Å². The standard InChI is InChI=1S/C27H27ClN4O5S2/c28-23-6-8-26(38-23)39(36,37)17-21(33)13-18-3-7-24(30-16-18)32-25(34)15-19-14-20(4-5-22(19)27(32)35)29-9-12-31-10-1-2-11-31/h3-8,14,16,29H,1-2,9-13,15,17H2. The zero-order valence-corrected chi connectivity index (χ0v) is 23.4. The number of ketones is 1. The highest BCUT2D eigenvalue weighted by molar-refractivity contribution is 7.94. The fraction of sp³-hybridized carbons (Fsp3) is 0.333. The maximum absolute atomic E-state index is 13.2. The Balaban J connectivity index is 1.21. The third-order valence-corrected chi connectivity index (χ3v) is 10.2. The molecule has 0 aliphatic carbocycles. The van der Waals surface area contributed by atoms with Crippen molar-refractivity contribution in [1.82, 2.24) is 9.88 Å². The molecule has 1 aromatic carbocycles. The summed E-state index contributed by atoms with van der Waals surface area (Å²) in [7, 11) is -3.78. The number of fused-ring (bicyclic) bond motifs is 1. The van der Waals surface area contributed by atoms with Crippen molar-refractivity contribution in [2.45, 2.75) is 29.9 Å². The largest absolute Gasteiger partial charge is 0.384 e. The summed E-state index contributed by atoms with van der Waals surface area (Å²) >= 11 is 6.71. The molecule has 0 atom stereocenters. The number of hydrogen-bond acceptors (Lipinski definition) is 9. The molecule has 4 heterocycles. The molecular formula is C27H27ClN4O5S2. The summed E-state index contributed by atoms with van der Waals surface area (Å²) in [5.74, 6) is -1.85. The molecule has 1 saturated heterocycles. The Kier molecular flexibility index (Phi) is 8.13. The number of Topliss-reactive ketones (excluding diaryl/α,β-unsaturated/α-hetero) is 1. The summed E-state index contributed by atoms with van der Waals surface area (Å²) in [6.07, 6.45) is 3.78. The number of imide groups is 1. The molecule has 2 aliphatic heterocycles. The molecule has 3 aromatic rings. The van der Waals surface area contributed by atoms with Gasteiger partial charge in [0.25, 0.3) is 5.91 Å². The minimum absolute atomic E-state index is 0.0432. The molecular weight excluding hydrogens is 560 g/mol. The maximum Gasteiger partial charge on any atom is 0.266 e. The number of benzene rings is 1. The van der Waals surface area contributed by atoms with Crippen LogP contribution in [0, 0.1) is 0 Å². The Bertz CT molecular complexity index is 1520. The Morgan fingerprint density at radius 2 is 1.87 bits per heavy atom. The van der Waals surface area contributed by atoms with Gasteiger partial charge in [0, 0.05) is 37.0 Å². The van der Waals surface area contributed by atoms with Gasteiger partial charge in [0.15, 0.2) is 15.6 Å². The van der Waals surface area contributed by atoms with Crippen LogP contribution in [0.4, 0.5) is 11.5 Å². The number of halogens is 1. The van der Waals surface area contributed by atoms with E-state index in [-0.39, 0.29) is 22.9 Å². The molecule has 1 N–H and O–H groups in total. The minimum Gasteiger partial charge on any atom is -0.384 e. The number of anilines is 2. The second-order valence-electron chi connectivity index (χ2n) is 9.62. The number of carbonyl (C=O) groups is 3. The van der Waals surface area contributed by atoms with E-state index in [0.717, 1.165) is 48.1 Å². The van der Waals surface area contributed by atoms with Crippen molar-refractivity contribution in [3.8, 4) is 0 Å². The van der Waals surface area contributed by atoms with E-state index < -0.39 is 33.2 Å². The van der Waals surface area contributed by atoms with Crippen molar-refractivity contribution >= 4 is 61.9 Å². The SMILES string of the molecule is O=C(Cc1ccc(N2C(=O)Cc3cc(NCCN4CCCC4)ccc3C2=O)nc1)CS(=O)(=O)c1ccc(Cl)s1. The number of hydrogen-bond donors (Lipinski definition) is 1. The lowest BCUT2D eigenvalue weighted by Gasteiger charge is -2.26. The summed E-state index contributed by atoms with van der Waals surface area (Å²) in [4.78, 5) is 46.2. The van der Waals surface area contributed by atoms with Gasteiger partial charge in [0.2, 0.25) is 5.91 Å². The molecule has 2 aromatic heterocycles. The van der Waals surface area contributed by atoms with Gasteiger partial charge in [-0.2, -0.15) is 0 Å². The summed E-state index contributed by atoms with van der Waals surface area (Å²) in [5, 5.41) is 3.38. The maximum atomic E-state index is 13.2. The van der Waals surface area contributed by atoms with Gasteiger partial charge in [-0.05, 0) is 73.5 Å². The number of nitrogens with zero attached hydrogens (tertiary/aromatic N) is 3. The molecule has 9 nitrogen and oxygen atoms in total. The number of likely N-dealkylation sites (tertiary alicyclic amines) is 1. The van der Waals surface area contributed by atoms with Gasteiger partial charge in [0.05, 0.1) is 10.8 Å². The molecule has 204 valence electrons. The first-order valence-electron chi connectivity index (χ1n) is 12.6. The van der Waals surface area contributed by atoms with Gasteiger partial charge in [0.1, 0.15) is 15.8 Å². The van der Waals surface area contributed by atoms with Crippen LogP contribution in [0.15, 0.2) is 52.9 Å². The monoisotopic (exact) mass is 586 g/mol. The number of pyridine rings is 1. The molecule has 2 amide bonds. The zero-order valence-electron chi connectivity index (χ0n) is 21.1. The van der Waals surface area contributed by atoms with E-state index in [1.54, 1.807) is 12.1 Å². The average Bonchev–Trinajstić information content (AvgIpc) is 3.57. The van der Waals surface area contributed by atoms with E-state index in [4.69, 9.17) is 11.6 Å². The van der Waals surface area contributed by atoms with Gasteiger partial charge in [-0.25, -0.2) is 18.3 Å². The van der Waals surface area contributed by atoms with Crippen LogP contribution in [-0.2, 0) is 32.3 Å². The number of sulfone groups is 1. The van der Waals surface area contributed by atoms with E-state index in [2.05, 4.69) is 15.2 Å². The van der Waals surface area contributed by atoms with Crippen LogP contribution in [-0.4, -0.2) is 67.8 Å². The molecule has 0 radical (unpaired) electrons. The van der Waals surface area contributed by atoms with Crippen molar-refractivity contribution in [2.24, 2.45) is 0 Å². The Morgan fingerprint density at radius 3 is 2.56 bits per heavy atom. The van der Waals surface area contributed by atoms with E-state index in [0.29, 0.717) is 21.0 Å². The Hall–Kier alpha value is -3.12. The fourth-order valence-corrected chi connectivity index (χ4v) is 7.62. The number of rotatable bonds is 10. The molecule has 0 saturated carbocycles. The smallest absolute Gasteiger partial charge is 0.266 e. The molecule has 12 heteroatoms. The predicted molar refractivity (Wildman–Crippen MR) is 150 cm³/mol. The molecule has 0 bridgehead atoms. The van der Waals surface area contributed by atoms with Crippen LogP contribution in [0.3, 0.4) is 0 Å². The van der Waals surface area contributed by atoms with Crippen molar-refractivity contribution in [1.29, 1.82) is 0 Å². The number of carbonyl (C=O) groups excluding carboxylic acids is 3.